The number of carboxylic acid groups (broad SMARTS) is 1. The lowest BCUT2D eigenvalue weighted by Crippen LogP contribution is -2.31. The van der Waals surface area contributed by atoms with Gasteiger partial charge in [0.1, 0.15) is 5.69 Å². The average Bonchev–Trinajstić information content (AvgIpc) is 2.09. The van der Waals surface area contributed by atoms with Crippen molar-refractivity contribution in [2.75, 3.05) is 7.05 Å². The molecule has 0 bridgehead atoms. The van der Waals surface area contributed by atoms with E-state index in [0.29, 0.717) is 0 Å². The molecule has 1 rings (SSSR count). The van der Waals surface area contributed by atoms with Crippen LogP contribution in [0.2, 0.25) is 0 Å². The maximum Gasteiger partial charge on any atom is 0.352 e. The average molecular weight is 199 g/mol. The van der Waals surface area contributed by atoms with Crippen molar-refractivity contribution in [2.45, 2.75) is 6.54 Å². The first-order valence-corrected chi connectivity index (χ1v) is 3.79. The number of rotatable bonds is 3. The molecule has 0 unspecified atom stereocenters. The Labute approximate surface area is 77.8 Å². The van der Waals surface area contributed by atoms with Crippen LogP contribution in [0.25, 0.3) is 0 Å². The van der Waals surface area contributed by atoms with E-state index in [1.54, 1.807) is 7.05 Å². The predicted octanol–water partition coefficient (Wildman–Crippen LogP) is -1.52. The molecule has 0 aliphatic rings. The van der Waals surface area contributed by atoms with Crippen molar-refractivity contribution in [2.24, 2.45) is 0 Å². The zero-order valence-corrected chi connectivity index (χ0v) is 7.38. The Morgan fingerprint density at radius 1 is 1.43 bits per heavy atom. The van der Waals surface area contributed by atoms with Crippen LogP contribution in [0, 0.1) is 0 Å². The van der Waals surface area contributed by atoms with E-state index in [2.05, 4.69) is 10.3 Å². The molecule has 0 saturated carbocycles. The standard InChI is InChI=1S/C7H9N3O4/c1-8-2-3-4(6(12)13)9-7(14)10-5(3)11/h8H,2H2,1H3,(H,12,13)(H2,9,10,11,14). The van der Waals surface area contributed by atoms with Gasteiger partial charge in [-0.2, -0.15) is 0 Å². The summed E-state index contributed by atoms with van der Waals surface area (Å²) in [6.07, 6.45) is 0. The molecule has 7 nitrogen and oxygen atoms in total. The third-order valence-electron chi connectivity index (χ3n) is 1.61. The van der Waals surface area contributed by atoms with Gasteiger partial charge in [0.25, 0.3) is 5.56 Å². The van der Waals surface area contributed by atoms with Crippen LogP contribution in [-0.4, -0.2) is 28.1 Å². The van der Waals surface area contributed by atoms with Crippen molar-refractivity contribution in [3.05, 3.63) is 32.1 Å². The van der Waals surface area contributed by atoms with Gasteiger partial charge in [-0.25, -0.2) is 9.59 Å². The molecule has 0 radical (unpaired) electrons. The van der Waals surface area contributed by atoms with Crippen LogP contribution in [0.4, 0.5) is 0 Å². The minimum Gasteiger partial charge on any atom is -0.477 e. The molecular formula is C7H9N3O4. The molecule has 0 aliphatic carbocycles. The maximum absolute atomic E-state index is 11.2. The molecule has 0 fully saturated rings. The van der Waals surface area contributed by atoms with Gasteiger partial charge in [0.15, 0.2) is 0 Å². The first-order chi connectivity index (χ1) is 6.56. The van der Waals surface area contributed by atoms with E-state index in [1.807, 2.05) is 4.98 Å². The van der Waals surface area contributed by atoms with Crippen molar-refractivity contribution in [1.82, 2.24) is 15.3 Å². The molecule has 1 heterocycles. The number of hydrogen-bond donors (Lipinski definition) is 4. The number of H-pyrrole nitrogens is 2. The maximum atomic E-state index is 11.2. The predicted molar refractivity (Wildman–Crippen MR) is 47.4 cm³/mol. The van der Waals surface area contributed by atoms with Gasteiger partial charge < -0.3 is 15.4 Å². The van der Waals surface area contributed by atoms with Crippen molar-refractivity contribution < 1.29 is 9.90 Å². The van der Waals surface area contributed by atoms with Crippen LogP contribution < -0.4 is 16.6 Å². The van der Waals surface area contributed by atoms with E-state index in [0.717, 1.165) is 0 Å². The highest BCUT2D eigenvalue weighted by Crippen LogP contribution is 1.96. The number of nitrogens with one attached hydrogen (secondary N) is 3. The van der Waals surface area contributed by atoms with Crippen LogP contribution in [0.3, 0.4) is 0 Å². The summed E-state index contributed by atoms with van der Waals surface area (Å²) in [6.45, 7) is 0.0771. The van der Waals surface area contributed by atoms with Crippen LogP contribution in [-0.2, 0) is 6.54 Å². The highest BCUT2D eigenvalue weighted by molar-refractivity contribution is 5.86. The van der Waals surface area contributed by atoms with E-state index in [1.165, 1.54) is 0 Å². The Hall–Kier alpha value is -1.89. The van der Waals surface area contributed by atoms with E-state index >= 15 is 0 Å². The largest absolute Gasteiger partial charge is 0.477 e. The van der Waals surface area contributed by atoms with Crippen molar-refractivity contribution >= 4 is 5.97 Å². The molecule has 1 aromatic rings. The molecule has 0 atom stereocenters. The zero-order chi connectivity index (χ0) is 10.7. The number of aromatic amines is 2. The Bertz CT molecular complexity index is 459. The van der Waals surface area contributed by atoms with E-state index < -0.39 is 17.2 Å². The number of carbonyl (C=O) groups is 1. The van der Waals surface area contributed by atoms with Gasteiger partial charge in [-0.05, 0) is 7.05 Å². The molecule has 0 amide bonds. The van der Waals surface area contributed by atoms with E-state index in [9.17, 15) is 14.4 Å². The van der Waals surface area contributed by atoms with Gasteiger partial charge in [-0.15, -0.1) is 0 Å². The summed E-state index contributed by atoms with van der Waals surface area (Å²) < 4.78 is 0. The van der Waals surface area contributed by atoms with Crippen LogP contribution in [0.5, 0.6) is 0 Å². The smallest absolute Gasteiger partial charge is 0.352 e. The molecule has 0 saturated heterocycles. The summed E-state index contributed by atoms with van der Waals surface area (Å²) in [6, 6.07) is 0. The fraction of sp³-hybridized carbons (Fsp3) is 0.286. The third-order valence-corrected chi connectivity index (χ3v) is 1.61. The van der Waals surface area contributed by atoms with Crippen molar-refractivity contribution in [1.29, 1.82) is 0 Å². The molecule has 4 N–H and O–H groups in total. The van der Waals surface area contributed by atoms with Crippen LogP contribution in [0.15, 0.2) is 9.59 Å². The van der Waals surface area contributed by atoms with Crippen molar-refractivity contribution in [3.8, 4) is 0 Å². The summed E-state index contributed by atoms with van der Waals surface area (Å²) in [5.41, 5.74) is -1.90. The Balaban J connectivity index is 3.44. The minimum atomic E-state index is -1.33. The highest BCUT2D eigenvalue weighted by Gasteiger charge is 2.14. The third kappa shape index (κ3) is 1.88. The number of hydrogen-bond acceptors (Lipinski definition) is 4. The lowest BCUT2D eigenvalue weighted by Gasteiger charge is -2.02. The summed E-state index contributed by atoms with van der Waals surface area (Å²) in [5.74, 6) is -1.33. The Morgan fingerprint density at radius 2 is 2.07 bits per heavy atom. The minimum absolute atomic E-state index is 0.000370. The van der Waals surface area contributed by atoms with Gasteiger partial charge in [0.2, 0.25) is 0 Å². The molecule has 0 spiro atoms. The van der Waals surface area contributed by atoms with E-state index in [4.69, 9.17) is 5.11 Å². The molecular weight excluding hydrogens is 190 g/mol. The van der Waals surface area contributed by atoms with Crippen molar-refractivity contribution in [3.63, 3.8) is 0 Å². The fourth-order valence-corrected chi connectivity index (χ4v) is 1.04. The number of aromatic nitrogens is 2. The van der Waals surface area contributed by atoms with Crippen LogP contribution in [0.1, 0.15) is 16.1 Å². The number of carboxylic acids is 1. The SMILES string of the molecule is CNCc1c(C(=O)O)[nH]c(=O)[nH]c1=O. The second-order valence-electron chi connectivity index (χ2n) is 2.60. The summed E-state index contributed by atoms with van der Waals surface area (Å²) in [4.78, 5) is 36.6. The normalized spacial score (nSPS) is 10.1. The number of aromatic carboxylic acids is 1. The molecule has 1 aromatic heterocycles. The Kier molecular flexibility index (Phi) is 2.82. The molecule has 14 heavy (non-hydrogen) atoms. The van der Waals surface area contributed by atoms with Gasteiger partial charge in [0, 0.05) is 6.54 Å². The Morgan fingerprint density at radius 3 is 2.57 bits per heavy atom. The summed E-state index contributed by atoms with van der Waals surface area (Å²) in [7, 11) is 1.57. The topological polar surface area (TPSA) is 115 Å². The molecule has 7 heteroatoms. The first kappa shape index (κ1) is 10.2. The monoisotopic (exact) mass is 199 g/mol. The highest BCUT2D eigenvalue weighted by atomic mass is 16.4. The first-order valence-electron chi connectivity index (χ1n) is 3.79. The second-order valence-corrected chi connectivity index (χ2v) is 2.60. The van der Waals surface area contributed by atoms with Crippen LogP contribution >= 0.6 is 0 Å². The molecule has 0 aliphatic heterocycles. The molecule has 0 aromatic carbocycles. The fourth-order valence-electron chi connectivity index (χ4n) is 1.04. The van der Waals surface area contributed by atoms with Gasteiger partial charge >= 0.3 is 11.7 Å². The summed E-state index contributed by atoms with van der Waals surface area (Å²) >= 11 is 0. The zero-order valence-electron chi connectivity index (χ0n) is 7.38. The van der Waals surface area contributed by atoms with Gasteiger partial charge in [-0.1, -0.05) is 0 Å². The van der Waals surface area contributed by atoms with Gasteiger partial charge in [-0.3, -0.25) is 9.78 Å². The van der Waals surface area contributed by atoms with E-state index in [-0.39, 0.29) is 17.8 Å². The summed E-state index contributed by atoms with van der Waals surface area (Å²) in [5, 5.41) is 11.3. The molecule has 76 valence electrons. The lowest BCUT2D eigenvalue weighted by atomic mass is 10.2. The second kappa shape index (κ2) is 3.88. The van der Waals surface area contributed by atoms with Gasteiger partial charge in [0.05, 0.1) is 5.56 Å². The quantitative estimate of drug-likeness (QED) is 0.472. The lowest BCUT2D eigenvalue weighted by molar-refractivity contribution is 0.0688.